The number of carbonyl (C=O) groups excluding carboxylic acids is 2. The van der Waals surface area contributed by atoms with Crippen LogP contribution in [0.4, 0.5) is 0 Å². The van der Waals surface area contributed by atoms with Gasteiger partial charge in [0.15, 0.2) is 11.5 Å². The fourth-order valence-electron chi connectivity index (χ4n) is 3.55. The van der Waals surface area contributed by atoms with Crippen molar-refractivity contribution in [2.24, 2.45) is 0 Å². The van der Waals surface area contributed by atoms with Crippen LogP contribution in [0.3, 0.4) is 0 Å². The smallest absolute Gasteiger partial charge is 0.258 e. The second-order valence-corrected chi connectivity index (χ2v) is 7.00. The van der Waals surface area contributed by atoms with Gasteiger partial charge in [-0.05, 0) is 29.8 Å². The maximum atomic E-state index is 12.9. The molecule has 1 saturated heterocycles. The monoisotopic (exact) mass is 398 g/mol. The molecule has 8 heteroatoms. The van der Waals surface area contributed by atoms with Crippen LogP contribution in [0, 0.1) is 0 Å². The van der Waals surface area contributed by atoms with Gasteiger partial charge in [-0.25, -0.2) is 0 Å². The minimum Gasteiger partial charge on any atom is -0.496 e. The summed E-state index contributed by atoms with van der Waals surface area (Å²) >= 11 is 0. The SMILES string of the molecule is COc1ccccc1C(=O)N1CC(=O)N(Cc2ccc3c(c2)OCO3)CC(O)C1. The number of hydrogen-bond acceptors (Lipinski definition) is 6. The summed E-state index contributed by atoms with van der Waals surface area (Å²) in [6.45, 7) is 0.588. The van der Waals surface area contributed by atoms with E-state index in [1.165, 1.54) is 12.0 Å². The number of aliphatic hydroxyl groups excluding tert-OH is 1. The number of hydrogen-bond donors (Lipinski definition) is 1. The Kier molecular flexibility index (Phi) is 5.26. The Morgan fingerprint density at radius 3 is 2.79 bits per heavy atom. The molecule has 2 amide bonds. The highest BCUT2D eigenvalue weighted by Gasteiger charge is 2.31. The van der Waals surface area contributed by atoms with Gasteiger partial charge in [0.05, 0.1) is 18.8 Å². The number of rotatable bonds is 4. The summed E-state index contributed by atoms with van der Waals surface area (Å²) < 4.78 is 15.9. The van der Waals surface area contributed by atoms with E-state index in [4.69, 9.17) is 14.2 Å². The first-order valence-electron chi connectivity index (χ1n) is 9.32. The molecule has 0 spiro atoms. The molecule has 0 aromatic heterocycles. The molecule has 0 radical (unpaired) electrons. The summed E-state index contributed by atoms with van der Waals surface area (Å²) in [7, 11) is 1.49. The van der Waals surface area contributed by atoms with Crippen molar-refractivity contribution in [3.8, 4) is 17.2 Å². The molecule has 2 heterocycles. The minimum atomic E-state index is -0.853. The van der Waals surface area contributed by atoms with Crippen molar-refractivity contribution in [3.63, 3.8) is 0 Å². The Hall–Kier alpha value is -3.26. The number of fused-ring (bicyclic) bond motifs is 1. The highest BCUT2D eigenvalue weighted by Crippen LogP contribution is 2.33. The highest BCUT2D eigenvalue weighted by atomic mass is 16.7. The summed E-state index contributed by atoms with van der Waals surface area (Å²) in [5.74, 6) is 1.16. The lowest BCUT2D eigenvalue weighted by Crippen LogP contribution is -2.39. The maximum Gasteiger partial charge on any atom is 0.258 e. The Morgan fingerprint density at radius 1 is 1.17 bits per heavy atom. The highest BCUT2D eigenvalue weighted by molar-refractivity contribution is 5.99. The summed E-state index contributed by atoms with van der Waals surface area (Å²) in [4.78, 5) is 28.7. The number of amides is 2. The van der Waals surface area contributed by atoms with Crippen molar-refractivity contribution in [1.82, 2.24) is 9.80 Å². The van der Waals surface area contributed by atoms with Gasteiger partial charge in [-0.15, -0.1) is 0 Å². The van der Waals surface area contributed by atoms with Crippen LogP contribution in [0.15, 0.2) is 42.5 Å². The lowest BCUT2D eigenvalue weighted by molar-refractivity contribution is -0.131. The van der Waals surface area contributed by atoms with Crippen molar-refractivity contribution < 1.29 is 28.9 Å². The van der Waals surface area contributed by atoms with E-state index in [0.29, 0.717) is 29.4 Å². The van der Waals surface area contributed by atoms with Crippen molar-refractivity contribution >= 4 is 11.8 Å². The quantitative estimate of drug-likeness (QED) is 0.835. The number of carbonyl (C=O) groups is 2. The van der Waals surface area contributed by atoms with Crippen LogP contribution in [0.2, 0.25) is 0 Å². The van der Waals surface area contributed by atoms with E-state index in [2.05, 4.69) is 0 Å². The van der Waals surface area contributed by atoms with Crippen LogP contribution in [0.5, 0.6) is 17.2 Å². The van der Waals surface area contributed by atoms with Gasteiger partial charge in [0.25, 0.3) is 5.91 Å². The van der Waals surface area contributed by atoms with Crippen molar-refractivity contribution in [2.45, 2.75) is 12.6 Å². The van der Waals surface area contributed by atoms with Gasteiger partial charge in [0, 0.05) is 19.6 Å². The third kappa shape index (κ3) is 3.97. The molecule has 0 bridgehead atoms. The predicted molar refractivity (Wildman–Crippen MR) is 103 cm³/mol. The average Bonchev–Trinajstić information content (AvgIpc) is 3.14. The van der Waals surface area contributed by atoms with Crippen molar-refractivity contribution in [2.75, 3.05) is 33.5 Å². The fraction of sp³-hybridized carbons (Fsp3) is 0.333. The van der Waals surface area contributed by atoms with Crippen LogP contribution in [-0.2, 0) is 11.3 Å². The number of benzene rings is 2. The Bertz CT molecular complexity index is 931. The summed E-state index contributed by atoms with van der Waals surface area (Å²) in [6, 6.07) is 12.3. The molecule has 2 aromatic rings. The molecule has 0 saturated carbocycles. The number of β-amino-alcohol motifs (C(OH)–C–C–N with tert-alkyl or cyclic N) is 1. The second-order valence-electron chi connectivity index (χ2n) is 7.00. The van der Waals surface area contributed by atoms with Gasteiger partial charge in [0.2, 0.25) is 12.7 Å². The first kappa shape index (κ1) is 19.1. The van der Waals surface area contributed by atoms with E-state index in [-0.39, 0.29) is 38.2 Å². The zero-order valence-electron chi connectivity index (χ0n) is 16.0. The standard InChI is InChI=1S/C21H22N2O6/c1-27-17-5-3-2-4-16(17)21(26)23-11-15(24)10-22(20(25)12-23)9-14-6-7-18-19(8-14)29-13-28-18/h2-8,15,24H,9-13H2,1H3. The molecule has 1 unspecified atom stereocenters. The van der Waals surface area contributed by atoms with Gasteiger partial charge in [-0.2, -0.15) is 0 Å². The average molecular weight is 398 g/mol. The third-order valence-corrected chi connectivity index (χ3v) is 4.98. The van der Waals surface area contributed by atoms with E-state index in [9.17, 15) is 14.7 Å². The molecule has 2 aromatic carbocycles. The molecular weight excluding hydrogens is 376 g/mol. The second kappa shape index (κ2) is 8.00. The van der Waals surface area contributed by atoms with Gasteiger partial charge in [0.1, 0.15) is 12.3 Å². The van der Waals surface area contributed by atoms with E-state index >= 15 is 0 Å². The minimum absolute atomic E-state index is 0.0697. The Labute approximate surface area is 168 Å². The van der Waals surface area contributed by atoms with Crippen LogP contribution < -0.4 is 14.2 Å². The van der Waals surface area contributed by atoms with E-state index in [0.717, 1.165) is 5.56 Å². The van der Waals surface area contributed by atoms with Crippen LogP contribution in [0.1, 0.15) is 15.9 Å². The van der Waals surface area contributed by atoms with E-state index in [1.807, 2.05) is 12.1 Å². The molecule has 0 aliphatic carbocycles. The van der Waals surface area contributed by atoms with Gasteiger partial charge >= 0.3 is 0 Å². The molecule has 1 fully saturated rings. The number of para-hydroxylation sites is 1. The fourth-order valence-corrected chi connectivity index (χ4v) is 3.55. The molecule has 152 valence electrons. The van der Waals surface area contributed by atoms with Crippen LogP contribution in [0.25, 0.3) is 0 Å². The molecule has 4 rings (SSSR count). The lowest BCUT2D eigenvalue weighted by atomic mass is 10.1. The Morgan fingerprint density at radius 2 is 1.97 bits per heavy atom. The molecular formula is C21H22N2O6. The molecule has 1 atom stereocenters. The van der Waals surface area contributed by atoms with Crippen molar-refractivity contribution in [3.05, 3.63) is 53.6 Å². The van der Waals surface area contributed by atoms with Crippen LogP contribution >= 0.6 is 0 Å². The van der Waals surface area contributed by atoms with E-state index < -0.39 is 6.10 Å². The normalized spacial score (nSPS) is 18.6. The largest absolute Gasteiger partial charge is 0.496 e. The molecule has 8 nitrogen and oxygen atoms in total. The summed E-state index contributed by atoms with van der Waals surface area (Å²) in [5.41, 5.74) is 1.22. The topological polar surface area (TPSA) is 88.5 Å². The zero-order chi connectivity index (χ0) is 20.4. The Balaban J connectivity index is 1.50. The zero-order valence-corrected chi connectivity index (χ0v) is 16.0. The van der Waals surface area contributed by atoms with Gasteiger partial charge in [-0.1, -0.05) is 18.2 Å². The number of ether oxygens (including phenoxy) is 3. The van der Waals surface area contributed by atoms with Gasteiger partial charge < -0.3 is 29.1 Å². The third-order valence-electron chi connectivity index (χ3n) is 4.98. The molecule has 1 N–H and O–H groups in total. The van der Waals surface area contributed by atoms with Gasteiger partial charge in [-0.3, -0.25) is 9.59 Å². The summed E-state index contributed by atoms with van der Waals surface area (Å²) in [6.07, 6.45) is -0.853. The van der Waals surface area contributed by atoms with Crippen molar-refractivity contribution in [1.29, 1.82) is 0 Å². The molecule has 2 aliphatic rings. The maximum absolute atomic E-state index is 12.9. The predicted octanol–water partition coefficient (Wildman–Crippen LogP) is 1.27. The first-order chi connectivity index (χ1) is 14.0. The number of nitrogens with zero attached hydrogens (tertiary/aromatic N) is 2. The lowest BCUT2D eigenvalue weighted by Gasteiger charge is -2.22. The molecule has 2 aliphatic heterocycles. The van der Waals surface area contributed by atoms with Crippen LogP contribution in [-0.4, -0.2) is 66.4 Å². The summed E-state index contributed by atoms with van der Waals surface area (Å²) in [5, 5.41) is 10.4. The number of aliphatic hydroxyl groups is 1. The number of methoxy groups -OCH3 is 1. The van der Waals surface area contributed by atoms with E-state index in [1.54, 1.807) is 35.2 Å². The molecule has 29 heavy (non-hydrogen) atoms. The first-order valence-corrected chi connectivity index (χ1v) is 9.32.